The molecule has 0 bridgehead atoms. The van der Waals surface area contributed by atoms with E-state index in [1.54, 1.807) is 32.4 Å². The van der Waals surface area contributed by atoms with Gasteiger partial charge in [0.1, 0.15) is 11.5 Å². The van der Waals surface area contributed by atoms with Crippen LogP contribution in [0.3, 0.4) is 0 Å². The summed E-state index contributed by atoms with van der Waals surface area (Å²) < 4.78 is 10.3. The molecular weight excluding hydrogens is 268 g/mol. The fraction of sp³-hybridized carbons (Fsp3) is 0.562. The molecule has 0 saturated carbocycles. The van der Waals surface area contributed by atoms with Crippen LogP contribution in [0.25, 0.3) is 0 Å². The highest BCUT2D eigenvalue weighted by molar-refractivity contribution is 5.95. The Bertz CT molecular complexity index is 459. The molecule has 118 valence electrons. The second kappa shape index (κ2) is 7.31. The number of nitrogens with one attached hydrogen (secondary N) is 1. The lowest BCUT2D eigenvalue weighted by Gasteiger charge is -2.23. The molecule has 0 aliphatic rings. The smallest absolute Gasteiger partial charge is 0.251 e. The number of hydrogen-bond acceptors (Lipinski definition) is 4. The van der Waals surface area contributed by atoms with Gasteiger partial charge >= 0.3 is 0 Å². The first-order chi connectivity index (χ1) is 9.75. The molecule has 5 nitrogen and oxygen atoms in total. The summed E-state index contributed by atoms with van der Waals surface area (Å²) >= 11 is 0. The number of amides is 1. The number of methoxy groups -OCH3 is 2. The lowest BCUT2D eigenvalue weighted by molar-refractivity contribution is 0.0948. The second-order valence-electron chi connectivity index (χ2n) is 6.34. The average Bonchev–Trinajstić information content (AvgIpc) is 2.42. The molecule has 1 aromatic rings. The summed E-state index contributed by atoms with van der Waals surface area (Å²) in [6.07, 6.45) is 0.842. The van der Waals surface area contributed by atoms with Crippen molar-refractivity contribution in [3.63, 3.8) is 0 Å². The van der Waals surface area contributed by atoms with E-state index in [9.17, 15) is 4.79 Å². The van der Waals surface area contributed by atoms with Gasteiger partial charge in [0.25, 0.3) is 5.91 Å². The van der Waals surface area contributed by atoms with Crippen LogP contribution in [0.2, 0.25) is 0 Å². The van der Waals surface area contributed by atoms with Crippen molar-refractivity contribution >= 4 is 5.91 Å². The van der Waals surface area contributed by atoms with Gasteiger partial charge in [0.05, 0.1) is 14.2 Å². The van der Waals surface area contributed by atoms with Crippen molar-refractivity contribution in [2.75, 3.05) is 20.8 Å². The van der Waals surface area contributed by atoms with E-state index in [0.29, 0.717) is 23.6 Å². The molecule has 5 heteroatoms. The molecule has 0 aliphatic carbocycles. The summed E-state index contributed by atoms with van der Waals surface area (Å²) in [4.78, 5) is 12.2. The zero-order valence-electron chi connectivity index (χ0n) is 13.5. The van der Waals surface area contributed by atoms with Crippen molar-refractivity contribution in [1.29, 1.82) is 0 Å². The Morgan fingerprint density at radius 3 is 2.14 bits per heavy atom. The number of rotatable bonds is 6. The van der Waals surface area contributed by atoms with E-state index in [0.717, 1.165) is 6.42 Å². The maximum absolute atomic E-state index is 12.2. The number of carbonyl (C=O) groups excluding carboxylic acids is 1. The predicted molar refractivity (Wildman–Crippen MR) is 83.9 cm³/mol. The lowest BCUT2D eigenvalue weighted by atomic mass is 9.88. The third kappa shape index (κ3) is 6.04. The Kier molecular flexibility index (Phi) is 6.03. The molecule has 0 fully saturated rings. The van der Waals surface area contributed by atoms with Gasteiger partial charge in [0.2, 0.25) is 0 Å². The number of ether oxygens (including phenoxy) is 2. The molecule has 1 rings (SSSR count). The van der Waals surface area contributed by atoms with E-state index in [-0.39, 0.29) is 17.4 Å². The quantitative estimate of drug-likeness (QED) is 0.843. The topological polar surface area (TPSA) is 73.6 Å². The maximum Gasteiger partial charge on any atom is 0.251 e. The van der Waals surface area contributed by atoms with E-state index >= 15 is 0 Å². The third-order valence-electron chi connectivity index (χ3n) is 3.01. The van der Waals surface area contributed by atoms with Gasteiger partial charge in [-0.15, -0.1) is 0 Å². The first-order valence-electron chi connectivity index (χ1n) is 7.02. The molecule has 0 radical (unpaired) electrons. The molecule has 21 heavy (non-hydrogen) atoms. The zero-order chi connectivity index (χ0) is 16.0. The minimum atomic E-state index is -0.184. The maximum atomic E-state index is 12.2. The highest BCUT2D eigenvalue weighted by Crippen LogP contribution is 2.22. The van der Waals surface area contributed by atoms with Crippen LogP contribution in [-0.2, 0) is 0 Å². The molecule has 1 atom stereocenters. The van der Waals surface area contributed by atoms with Crippen LogP contribution < -0.4 is 20.5 Å². The molecule has 0 aliphatic heterocycles. The Morgan fingerprint density at radius 1 is 1.19 bits per heavy atom. The highest BCUT2D eigenvalue weighted by Gasteiger charge is 2.17. The number of hydrogen-bond donors (Lipinski definition) is 2. The summed E-state index contributed by atoms with van der Waals surface area (Å²) in [6.45, 7) is 6.82. The van der Waals surface area contributed by atoms with Crippen LogP contribution >= 0.6 is 0 Å². The van der Waals surface area contributed by atoms with Crippen molar-refractivity contribution in [2.45, 2.75) is 33.2 Å². The second-order valence-corrected chi connectivity index (χ2v) is 6.34. The van der Waals surface area contributed by atoms with Crippen LogP contribution in [0.15, 0.2) is 18.2 Å². The Hall–Kier alpha value is -1.75. The van der Waals surface area contributed by atoms with Crippen LogP contribution in [0.1, 0.15) is 37.6 Å². The monoisotopic (exact) mass is 294 g/mol. The zero-order valence-corrected chi connectivity index (χ0v) is 13.5. The fourth-order valence-electron chi connectivity index (χ4n) is 2.12. The van der Waals surface area contributed by atoms with Gasteiger partial charge in [-0.25, -0.2) is 0 Å². The molecule has 1 unspecified atom stereocenters. The van der Waals surface area contributed by atoms with Gasteiger partial charge in [-0.2, -0.15) is 0 Å². The minimum absolute atomic E-state index is 0.0681. The minimum Gasteiger partial charge on any atom is -0.497 e. The molecular formula is C16H26N2O3. The molecule has 1 amide bonds. The normalized spacial score (nSPS) is 12.7. The van der Waals surface area contributed by atoms with Gasteiger partial charge in [0, 0.05) is 24.2 Å². The lowest BCUT2D eigenvalue weighted by Crippen LogP contribution is -2.39. The Labute approximate surface area is 126 Å². The van der Waals surface area contributed by atoms with E-state index in [1.165, 1.54) is 0 Å². The Morgan fingerprint density at radius 2 is 1.71 bits per heavy atom. The summed E-state index contributed by atoms with van der Waals surface area (Å²) in [7, 11) is 3.10. The van der Waals surface area contributed by atoms with Gasteiger partial charge in [-0.3, -0.25) is 4.79 Å². The highest BCUT2D eigenvalue weighted by atomic mass is 16.5. The van der Waals surface area contributed by atoms with E-state index < -0.39 is 0 Å². The molecule has 0 heterocycles. The number of benzene rings is 1. The first kappa shape index (κ1) is 17.3. The standard InChI is InChI=1S/C16H26N2O3/c1-16(2,3)9-12(17)10-18-15(19)11-6-13(20-4)8-14(7-11)21-5/h6-8,12H,9-10,17H2,1-5H3,(H,18,19). The van der Waals surface area contributed by atoms with Gasteiger partial charge in [-0.05, 0) is 24.0 Å². The summed E-state index contributed by atoms with van der Waals surface area (Å²) in [6, 6.07) is 5.00. The van der Waals surface area contributed by atoms with E-state index in [4.69, 9.17) is 15.2 Å². The van der Waals surface area contributed by atoms with Gasteiger partial charge in [-0.1, -0.05) is 20.8 Å². The van der Waals surface area contributed by atoms with Crippen LogP contribution in [-0.4, -0.2) is 32.7 Å². The van der Waals surface area contributed by atoms with Crippen molar-refractivity contribution in [2.24, 2.45) is 11.1 Å². The van der Waals surface area contributed by atoms with Crippen molar-refractivity contribution in [1.82, 2.24) is 5.32 Å². The van der Waals surface area contributed by atoms with Crippen LogP contribution in [0, 0.1) is 5.41 Å². The number of carbonyl (C=O) groups is 1. The molecule has 3 N–H and O–H groups in total. The molecule has 0 spiro atoms. The number of nitrogens with two attached hydrogens (primary N) is 1. The Balaban J connectivity index is 2.67. The van der Waals surface area contributed by atoms with Crippen molar-refractivity contribution < 1.29 is 14.3 Å². The van der Waals surface area contributed by atoms with Crippen molar-refractivity contribution in [3.05, 3.63) is 23.8 Å². The van der Waals surface area contributed by atoms with Gasteiger partial charge < -0.3 is 20.5 Å². The average molecular weight is 294 g/mol. The summed E-state index contributed by atoms with van der Waals surface area (Å²) in [5.41, 5.74) is 6.67. The molecule has 0 saturated heterocycles. The van der Waals surface area contributed by atoms with E-state index in [1.807, 2.05) is 0 Å². The largest absolute Gasteiger partial charge is 0.497 e. The SMILES string of the molecule is COc1cc(OC)cc(C(=O)NCC(N)CC(C)(C)C)c1. The van der Waals surface area contributed by atoms with Gasteiger partial charge in [0.15, 0.2) is 0 Å². The summed E-state index contributed by atoms with van der Waals surface area (Å²) in [5, 5.41) is 2.85. The van der Waals surface area contributed by atoms with E-state index in [2.05, 4.69) is 26.1 Å². The molecule has 1 aromatic carbocycles. The van der Waals surface area contributed by atoms with Crippen LogP contribution in [0.4, 0.5) is 0 Å². The first-order valence-corrected chi connectivity index (χ1v) is 7.02. The van der Waals surface area contributed by atoms with Crippen LogP contribution in [0.5, 0.6) is 11.5 Å². The third-order valence-corrected chi connectivity index (χ3v) is 3.01. The van der Waals surface area contributed by atoms with Crippen molar-refractivity contribution in [3.8, 4) is 11.5 Å². The fourth-order valence-corrected chi connectivity index (χ4v) is 2.12. The predicted octanol–water partition coefficient (Wildman–Crippen LogP) is 2.20. The molecule has 0 aromatic heterocycles. The summed E-state index contributed by atoms with van der Waals surface area (Å²) in [5.74, 6) is 0.980.